The van der Waals surface area contributed by atoms with Crippen LogP contribution in [0, 0.1) is 0 Å². The van der Waals surface area contributed by atoms with Crippen LogP contribution in [-0.2, 0) is 22.4 Å². The first-order chi connectivity index (χ1) is 13.9. The van der Waals surface area contributed by atoms with Gasteiger partial charge in [-0.25, -0.2) is 17.9 Å². The summed E-state index contributed by atoms with van der Waals surface area (Å²) < 4.78 is 103. The molecule has 31 heavy (non-hydrogen) atoms. The third-order valence-corrected chi connectivity index (χ3v) is 5.94. The molecule has 174 valence electrons. The first-order valence-electron chi connectivity index (χ1n) is 8.46. The standard InChI is InChI=1S/C16H16F6N2O6S/c17-15(18,19)10-5-9(6-11(7-10)16(20,21)22)12(25)23-31(29,30)8-14(28)1-3-24(4-2-14)13(26)27/h5-7,28H,1-4,8H2,(H,23,25)(H,26,27). The number of nitrogens with one attached hydrogen (secondary N) is 1. The second-order valence-electron chi connectivity index (χ2n) is 6.98. The van der Waals surface area contributed by atoms with Crippen LogP contribution in [0.3, 0.4) is 0 Å². The van der Waals surface area contributed by atoms with Crippen molar-refractivity contribution in [2.75, 3.05) is 18.8 Å². The zero-order chi connectivity index (χ0) is 23.8. The summed E-state index contributed by atoms with van der Waals surface area (Å²) in [5.74, 6) is -2.85. The van der Waals surface area contributed by atoms with Crippen LogP contribution in [0.4, 0.5) is 31.1 Å². The molecule has 0 saturated carbocycles. The van der Waals surface area contributed by atoms with Gasteiger partial charge in [0.15, 0.2) is 0 Å². The fourth-order valence-corrected chi connectivity index (χ4v) is 4.40. The molecule has 1 saturated heterocycles. The highest BCUT2D eigenvalue weighted by Gasteiger charge is 2.40. The predicted octanol–water partition coefficient (Wildman–Crippen LogP) is 2.29. The Kier molecular flexibility index (Phi) is 6.52. The summed E-state index contributed by atoms with van der Waals surface area (Å²) in [7, 11) is -4.70. The van der Waals surface area contributed by atoms with E-state index >= 15 is 0 Å². The van der Waals surface area contributed by atoms with Crippen LogP contribution in [0.5, 0.6) is 0 Å². The zero-order valence-electron chi connectivity index (χ0n) is 15.4. The van der Waals surface area contributed by atoms with E-state index in [1.165, 1.54) is 4.72 Å². The normalized spacial score (nSPS) is 17.3. The van der Waals surface area contributed by atoms with Crippen LogP contribution >= 0.6 is 0 Å². The summed E-state index contributed by atoms with van der Waals surface area (Å²) in [6.45, 7) is -0.421. The van der Waals surface area contributed by atoms with E-state index in [1.54, 1.807) is 0 Å². The van der Waals surface area contributed by atoms with E-state index in [0.717, 1.165) is 4.90 Å². The molecule has 0 radical (unpaired) electrons. The molecule has 2 rings (SSSR count). The fraction of sp³-hybridized carbons (Fsp3) is 0.500. The van der Waals surface area contributed by atoms with Crippen molar-refractivity contribution in [3.63, 3.8) is 0 Å². The molecule has 0 bridgehead atoms. The SMILES string of the molecule is O=C(NS(=O)(=O)CC1(O)CCN(C(=O)O)CC1)c1cc(C(F)(F)F)cc(C(F)(F)F)c1. The van der Waals surface area contributed by atoms with E-state index in [1.807, 2.05) is 0 Å². The second kappa shape index (κ2) is 8.18. The maximum absolute atomic E-state index is 12.9. The van der Waals surface area contributed by atoms with Gasteiger partial charge in [0.05, 0.1) is 22.5 Å². The van der Waals surface area contributed by atoms with Gasteiger partial charge in [-0.15, -0.1) is 0 Å². The summed E-state index contributed by atoms with van der Waals surface area (Å²) >= 11 is 0. The minimum atomic E-state index is -5.23. The van der Waals surface area contributed by atoms with Crippen LogP contribution in [0.1, 0.15) is 34.3 Å². The molecule has 0 aliphatic carbocycles. The number of carboxylic acid groups (broad SMARTS) is 1. The molecular formula is C16H16F6N2O6S. The summed E-state index contributed by atoms with van der Waals surface area (Å²) in [6, 6.07) is -0.0788. The van der Waals surface area contributed by atoms with Crippen molar-refractivity contribution in [3.8, 4) is 0 Å². The maximum atomic E-state index is 12.9. The molecule has 1 aromatic carbocycles. The minimum absolute atomic E-state index is 0.0696. The van der Waals surface area contributed by atoms with Crippen molar-refractivity contribution in [3.05, 3.63) is 34.9 Å². The fourth-order valence-electron chi connectivity index (χ4n) is 2.93. The topological polar surface area (TPSA) is 124 Å². The van der Waals surface area contributed by atoms with Gasteiger partial charge in [0, 0.05) is 18.7 Å². The van der Waals surface area contributed by atoms with E-state index < -0.39 is 62.4 Å². The lowest BCUT2D eigenvalue weighted by Crippen LogP contribution is -2.51. The molecule has 1 aliphatic heterocycles. The number of carbonyl (C=O) groups is 2. The third-order valence-electron chi connectivity index (χ3n) is 4.52. The number of aliphatic hydroxyl groups is 1. The number of rotatable bonds is 4. The van der Waals surface area contributed by atoms with Crippen LogP contribution in [0.2, 0.25) is 0 Å². The highest BCUT2D eigenvalue weighted by molar-refractivity contribution is 7.90. The Balaban J connectivity index is 2.23. The van der Waals surface area contributed by atoms with Gasteiger partial charge in [-0.05, 0) is 31.0 Å². The van der Waals surface area contributed by atoms with Gasteiger partial charge in [0.1, 0.15) is 0 Å². The average molecular weight is 478 g/mol. The molecule has 1 fully saturated rings. The number of nitrogens with zero attached hydrogens (tertiary/aromatic N) is 1. The number of likely N-dealkylation sites (tertiary alicyclic amines) is 1. The first-order valence-corrected chi connectivity index (χ1v) is 10.1. The van der Waals surface area contributed by atoms with Crippen molar-refractivity contribution < 1.29 is 54.6 Å². The van der Waals surface area contributed by atoms with Gasteiger partial charge in [-0.3, -0.25) is 4.79 Å². The molecule has 15 heteroatoms. The average Bonchev–Trinajstić information content (AvgIpc) is 2.58. The molecule has 2 amide bonds. The summed E-state index contributed by atoms with van der Waals surface area (Å²) in [4.78, 5) is 23.9. The van der Waals surface area contributed by atoms with Gasteiger partial charge < -0.3 is 15.1 Å². The Labute approximate surface area is 171 Å². The molecule has 0 atom stereocenters. The number of halogens is 6. The van der Waals surface area contributed by atoms with Crippen molar-refractivity contribution in [1.82, 2.24) is 9.62 Å². The second-order valence-corrected chi connectivity index (χ2v) is 8.70. The maximum Gasteiger partial charge on any atom is 0.416 e. The number of sulfonamides is 1. The highest BCUT2D eigenvalue weighted by Crippen LogP contribution is 2.36. The van der Waals surface area contributed by atoms with Crippen molar-refractivity contribution in [2.24, 2.45) is 0 Å². The molecule has 0 spiro atoms. The first kappa shape index (κ1) is 24.7. The van der Waals surface area contributed by atoms with Crippen LogP contribution in [-0.4, -0.2) is 60.0 Å². The largest absolute Gasteiger partial charge is 0.465 e. The van der Waals surface area contributed by atoms with E-state index in [4.69, 9.17) is 5.11 Å². The number of carbonyl (C=O) groups excluding carboxylic acids is 1. The Morgan fingerprint density at radius 2 is 1.45 bits per heavy atom. The molecule has 1 aliphatic rings. The molecule has 0 aromatic heterocycles. The summed E-state index contributed by atoms with van der Waals surface area (Å²) in [6.07, 6.45) is -12.4. The van der Waals surface area contributed by atoms with E-state index in [9.17, 15) is 49.5 Å². The Morgan fingerprint density at radius 1 is 1.00 bits per heavy atom. The van der Waals surface area contributed by atoms with Crippen molar-refractivity contribution in [2.45, 2.75) is 30.8 Å². The third kappa shape index (κ3) is 6.46. The Bertz CT molecular complexity index is 936. The number of piperidine rings is 1. The molecule has 1 aromatic rings. The molecule has 3 N–H and O–H groups in total. The van der Waals surface area contributed by atoms with E-state index in [0.29, 0.717) is 0 Å². The van der Waals surface area contributed by atoms with Crippen LogP contribution < -0.4 is 4.72 Å². The molecule has 8 nitrogen and oxygen atoms in total. The number of benzene rings is 1. The Morgan fingerprint density at radius 3 is 1.84 bits per heavy atom. The van der Waals surface area contributed by atoms with Crippen LogP contribution in [0.25, 0.3) is 0 Å². The monoisotopic (exact) mass is 478 g/mol. The number of amides is 2. The molecule has 0 unspecified atom stereocenters. The summed E-state index contributed by atoms with van der Waals surface area (Å²) in [5, 5.41) is 19.2. The lowest BCUT2D eigenvalue weighted by atomic mass is 9.94. The quantitative estimate of drug-likeness (QED) is 0.571. The molecule has 1 heterocycles. The van der Waals surface area contributed by atoms with Crippen molar-refractivity contribution in [1.29, 1.82) is 0 Å². The summed E-state index contributed by atoms with van der Waals surface area (Å²) in [5.41, 5.74) is -6.74. The molecular weight excluding hydrogens is 462 g/mol. The van der Waals surface area contributed by atoms with Crippen molar-refractivity contribution >= 4 is 22.0 Å². The van der Waals surface area contributed by atoms with Gasteiger partial charge in [0.2, 0.25) is 10.0 Å². The van der Waals surface area contributed by atoms with E-state index in [2.05, 4.69) is 0 Å². The van der Waals surface area contributed by atoms with E-state index in [-0.39, 0.29) is 44.1 Å². The highest BCUT2D eigenvalue weighted by atomic mass is 32.2. The smallest absolute Gasteiger partial charge is 0.416 e. The lowest BCUT2D eigenvalue weighted by molar-refractivity contribution is -0.143. The number of alkyl halides is 6. The van der Waals surface area contributed by atoms with Gasteiger partial charge in [0.25, 0.3) is 5.91 Å². The number of hydrogen-bond acceptors (Lipinski definition) is 5. The zero-order valence-corrected chi connectivity index (χ0v) is 16.2. The van der Waals surface area contributed by atoms with Crippen LogP contribution in [0.15, 0.2) is 18.2 Å². The van der Waals surface area contributed by atoms with Gasteiger partial charge in [-0.1, -0.05) is 0 Å². The predicted molar refractivity (Wildman–Crippen MR) is 91.5 cm³/mol. The lowest BCUT2D eigenvalue weighted by Gasteiger charge is -2.36. The van der Waals surface area contributed by atoms with Gasteiger partial charge in [-0.2, -0.15) is 26.3 Å². The van der Waals surface area contributed by atoms with Gasteiger partial charge >= 0.3 is 18.4 Å². The Hall–Kier alpha value is -2.55. The number of hydrogen-bond donors (Lipinski definition) is 3. The minimum Gasteiger partial charge on any atom is -0.465 e.